The summed E-state index contributed by atoms with van der Waals surface area (Å²) in [6.45, 7) is 4.44. The molecule has 0 spiro atoms. The van der Waals surface area contributed by atoms with Gasteiger partial charge in [0.05, 0.1) is 5.56 Å². The third-order valence-electron chi connectivity index (χ3n) is 3.71. The third-order valence-corrected chi connectivity index (χ3v) is 4.81. The van der Waals surface area contributed by atoms with E-state index in [2.05, 4.69) is 10.6 Å². The number of nitrogens with one attached hydrogen (secondary N) is 2. The Bertz CT molecular complexity index is 706. The molecule has 0 unspecified atom stereocenters. The summed E-state index contributed by atoms with van der Waals surface area (Å²) in [4.78, 5) is 27.1. The van der Waals surface area contributed by atoms with Crippen molar-refractivity contribution in [2.24, 2.45) is 0 Å². The van der Waals surface area contributed by atoms with Crippen LogP contribution >= 0.6 is 11.3 Å². The lowest BCUT2D eigenvalue weighted by molar-refractivity contribution is -0.114. The minimum Gasteiger partial charge on any atom is -0.336 e. The summed E-state index contributed by atoms with van der Waals surface area (Å²) in [6, 6.07) is 11.8. The molecular weight excluding hydrogens is 310 g/mol. The van der Waals surface area contributed by atoms with Crippen LogP contribution < -0.4 is 10.6 Å². The second kappa shape index (κ2) is 6.93. The topological polar surface area (TPSA) is 61.4 Å². The van der Waals surface area contributed by atoms with Crippen molar-refractivity contribution in [2.75, 3.05) is 31.5 Å². The van der Waals surface area contributed by atoms with Gasteiger partial charge in [-0.25, -0.2) is 0 Å². The molecular formula is C17H19N3O2S. The van der Waals surface area contributed by atoms with Crippen LogP contribution in [0.5, 0.6) is 0 Å². The molecule has 1 saturated heterocycles. The highest BCUT2D eigenvalue weighted by molar-refractivity contribution is 7.20. The Morgan fingerprint density at radius 1 is 1.17 bits per heavy atom. The van der Waals surface area contributed by atoms with Crippen LogP contribution in [0.1, 0.15) is 17.3 Å². The molecule has 1 aromatic heterocycles. The zero-order chi connectivity index (χ0) is 16.2. The number of carbonyl (C=O) groups is 2. The standard InChI is InChI=1S/C17H19N3O2S/c1-12(21)19-16-14(17(22)20-9-7-18-8-10-20)11-15(23-16)13-5-3-2-4-6-13/h2-6,11,18H,7-10H2,1H3,(H,19,21). The number of piperazine rings is 1. The first-order valence-electron chi connectivity index (χ1n) is 7.62. The first kappa shape index (κ1) is 15.7. The van der Waals surface area contributed by atoms with Crippen molar-refractivity contribution in [1.82, 2.24) is 10.2 Å². The highest BCUT2D eigenvalue weighted by atomic mass is 32.1. The Kier molecular flexibility index (Phi) is 4.73. The van der Waals surface area contributed by atoms with E-state index in [1.807, 2.05) is 41.3 Å². The van der Waals surface area contributed by atoms with Gasteiger partial charge in [0.25, 0.3) is 5.91 Å². The fourth-order valence-electron chi connectivity index (χ4n) is 2.59. The normalized spacial score (nSPS) is 14.6. The maximum atomic E-state index is 12.8. The lowest BCUT2D eigenvalue weighted by Gasteiger charge is -2.27. The predicted octanol–water partition coefficient (Wildman–Crippen LogP) is 2.42. The smallest absolute Gasteiger partial charge is 0.256 e. The van der Waals surface area contributed by atoms with Crippen molar-refractivity contribution in [3.63, 3.8) is 0 Å². The molecule has 0 aliphatic carbocycles. The van der Waals surface area contributed by atoms with E-state index in [9.17, 15) is 9.59 Å². The summed E-state index contributed by atoms with van der Waals surface area (Å²) in [5.74, 6) is -0.186. The van der Waals surface area contributed by atoms with E-state index >= 15 is 0 Å². The van der Waals surface area contributed by atoms with Gasteiger partial charge in [-0.3, -0.25) is 9.59 Å². The minimum atomic E-state index is -0.166. The summed E-state index contributed by atoms with van der Waals surface area (Å²) < 4.78 is 0. The first-order valence-corrected chi connectivity index (χ1v) is 8.43. The van der Waals surface area contributed by atoms with E-state index in [4.69, 9.17) is 0 Å². The third kappa shape index (κ3) is 3.60. The molecule has 23 heavy (non-hydrogen) atoms. The highest BCUT2D eigenvalue weighted by Gasteiger charge is 2.23. The van der Waals surface area contributed by atoms with E-state index in [0.29, 0.717) is 23.7 Å². The van der Waals surface area contributed by atoms with Crippen molar-refractivity contribution in [2.45, 2.75) is 6.92 Å². The van der Waals surface area contributed by atoms with Gasteiger partial charge in [0.2, 0.25) is 5.91 Å². The number of nitrogens with zero attached hydrogens (tertiary/aromatic N) is 1. The Morgan fingerprint density at radius 2 is 1.87 bits per heavy atom. The number of benzene rings is 1. The molecule has 0 radical (unpaired) electrons. The number of hydrogen-bond acceptors (Lipinski definition) is 4. The van der Waals surface area contributed by atoms with Crippen LogP contribution in [-0.2, 0) is 4.79 Å². The number of hydrogen-bond donors (Lipinski definition) is 2. The van der Waals surface area contributed by atoms with Crippen LogP contribution in [0.25, 0.3) is 10.4 Å². The van der Waals surface area contributed by atoms with Gasteiger partial charge in [0.1, 0.15) is 5.00 Å². The summed E-state index contributed by atoms with van der Waals surface area (Å²) >= 11 is 1.44. The molecule has 2 aromatic rings. The Hall–Kier alpha value is -2.18. The predicted molar refractivity (Wildman–Crippen MR) is 92.8 cm³/mol. The Balaban J connectivity index is 1.95. The van der Waals surface area contributed by atoms with Crippen LogP contribution in [-0.4, -0.2) is 42.9 Å². The van der Waals surface area contributed by atoms with Crippen molar-refractivity contribution in [3.05, 3.63) is 42.0 Å². The average molecular weight is 329 g/mol. The Morgan fingerprint density at radius 3 is 2.52 bits per heavy atom. The van der Waals surface area contributed by atoms with Gasteiger partial charge in [-0.2, -0.15) is 0 Å². The molecule has 0 bridgehead atoms. The number of rotatable bonds is 3. The van der Waals surface area contributed by atoms with E-state index in [1.165, 1.54) is 18.3 Å². The highest BCUT2D eigenvalue weighted by Crippen LogP contribution is 2.36. The summed E-state index contributed by atoms with van der Waals surface area (Å²) in [5.41, 5.74) is 1.62. The number of thiophene rings is 1. The molecule has 1 aliphatic heterocycles. The molecule has 1 fully saturated rings. The van der Waals surface area contributed by atoms with Gasteiger partial charge in [-0.1, -0.05) is 30.3 Å². The van der Waals surface area contributed by atoms with Crippen LogP contribution in [0.3, 0.4) is 0 Å². The van der Waals surface area contributed by atoms with Gasteiger partial charge < -0.3 is 15.5 Å². The number of amides is 2. The van der Waals surface area contributed by atoms with Crippen molar-refractivity contribution in [3.8, 4) is 10.4 Å². The quantitative estimate of drug-likeness (QED) is 0.909. The molecule has 5 nitrogen and oxygen atoms in total. The van der Waals surface area contributed by atoms with E-state index in [1.54, 1.807) is 0 Å². The summed E-state index contributed by atoms with van der Waals surface area (Å²) in [7, 11) is 0. The van der Waals surface area contributed by atoms with Gasteiger partial charge in [-0.15, -0.1) is 11.3 Å². The van der Waals surface area contributed by atoms with Crippen molar-refractivity contribution in [1.29, 1.82) is 0 Å². The first-order chi connectivity index (χ1) is 11.1. The summed E-state index contributed by atoms with van der Waals surface area (Å²) in [5, 5.41) is 6.66. The second-order valence-electron chi connectivity index (χ2n) is 5.44. The van der Waals surface area contributed by atoms with Gasteiger partial charge in [-0.05, 0) is 11.6 Å². The number of anilines is 1. The van der Waals surface area contributed by atoms with Gasteiger partial charge >= 0.3 is 0 Å². The molecule has 2 heterocycles. The molecule has 1 aromatic carbocycles. The van der Waals surface area contributed by atoms with Gasteiger partial charge in [0, 0.05) is 38.0 Å². The molecule has 2 amide bonds. The molecule has 120 valence electrons. The van der Waals surface area contributed by atoms with Crippen molar-refractivity contribution >= 4 is 28.2 Å². The lowest BCUT2D eigenvalue weighted by Crippen LogP contribution is -2.46. The molecule has 3 rings (SSSR count). The van der Waals surface area contributed by atoms with Crippen LogP contribution in [0.4, 0.5) is 5.00 Å². The fourth-order valence-corrected chi connectivity index (χ4v) is 3.69. The van der Waals surface area contributed by atoms with Crippen LogP contribution in [0.2, 0.25) is 0 Å². The molecule has 0 atom stereocenters. The summed E-state index contributed by atoms with van der Waals surface area (Å²) in [6.07, 6.45) is 0. The zero-order valence-corrected chi connectivity index (χ0v) is 13.8. The monoisotopic (exact) mass is 329 g/mol. The van der Waals surface area contributed by atoms with Gasteiger partial charge in [0.15, 0.2) is 0 Å². The van der Waals surface area contributed by atoms with E-state index in [0.717, 1.165) is 23.5 Å². The van der Waals surface area contributed by atoms with E-state index < -0.39 is 0 Å². The van der Waals surface area contributed by atoms with Crippen LogP contribution in [0, 0.1) is 0 Å². The minimum absolute atomic E-state index is 0.0197. The maximum absolute atomic E-state index is 12.8. The average Bonchev–Trinajstić information content (AvgIpc) is 2.99. The van der Waals surface area contributed by atoms with Crippen molar-refractivity contribution < 1.29 is 9.59 Å². The maximum Gasteiger partial charge on any atom is 0.256 e. The van der Waals surface area contributed by atoms with Crippen LogP contribution in [0.15, 0.2) is 36.4 Å². The largest absolute Gasteiger partial charge is 0.336 e. The lowest BCUT2D eigenvalue weighted by atomic mass is 10.1. The zero-order valence-electron chi connectivity index (χ0n) is 13.0. The molecule has 6 heteroatoms. The Labute approximate surface area is 139 Å². The molecule has 0 saturated carbocycles. The molecule has 2 N–H and O–H groups in total. The number of carbonyl (C=O) groups excluding carboxylic acids is 2. The SMILES string of the molecule is CC(=O)Nc1sc(-c2ccccc2)cc1C(=O)N1CCNCC1. The molecule has 1 aliphatic rings. The van der Waals surface area contributed by atoms with E-state index in [-0.39, 0.29) is 11.8 Å². The second-order valence-corrected chi connectivity index (χ2v) is 6.50. The fraction of sp³-hybridized carbons (Fsp3) is 0.294.